The smallest absolute Gasteiger partial charge is 0.134 e. The zero-order chi connectivity index (χ0) is 4.99. The topological polar surface area (TPSA) is 0 Å². The van der Waals surface area contributed by atoms with Crippen LogP contribution in [0.15, 0.2) is 0 Å². The van der Waals surface area contributed by atoms with Gasteiger partial charge in [-0.25, -0.2) is 4.39 Å². The van der Waals surface area contributed by atoms with Crippen LogP contribution in [-0.2, 0) is 0 Å². The van der Waals surface area contributed by atoms with Gasteiger partial charge in [0.2, 0.25) is 0 Å². The van der Waals surface area contributed by atoms with Crippen molar-refractivity contribution in [3.05, 3.63) is 13.6 Å². The van der Waals surface area contributed by atoms with Crippen molar-refractivity contribution in [1.82, 2.24) is 0 Å². The zero-order valence-corrected chi connectivity index (χ0v) is 3.95. The molecular formula is C5H9F. The minimum absolute atomic E-state index is 0.0324. The molecule has 0 aliphatic carbocycles. The van der Waals surface area contributed by atoms with Gasteiger partial charge in [-0.05, 0) is 12.3 Å². The Morgan fingerprint density at radius 1 is 2.00 bits per heavy atom. The molecule has 0 saturated heterocycles. The second kappa shape index (κ2) is 3.13. The fourth-order valence-corrected chi connectivity index (χ4v) is 0.0630. The van der Waals surface area contributed by atoms with Crippen molar-refractivity contribution in [1.29, 1.82) is 0 Å². The van der Waals surface area contributed by atoms with Gasteiger partial charge < -0.3 is 0 Å². The van der Waals surface area contributed by atoms with Crippen molar-refractivity contribution >= 4 is 0 Å². The molecule has 0 aliphatic heterocycles. The highest BCUT2D eigenvalue weighted by Gasteiger charge is 1.93. The highest BCUT2D eigenvalue weighted by atomic mass is 19.1. The first-order chi connectivity index (χ1) is 2.81. The van der Waals surface area contributed by atoms with E-state index in [4.69, 9.17) is 0 Å². The normalized spacial score (nSPS) is 14.5. The van der Waals surface area contributed by atoms with E-state index in [1.165, 1.54) is 0 Å². The van der Waals surface area contributed by atoms with E-state index in [0.29, 0.717) is 13.1 Å². The standard InChI is InChI=1S/C5H9F/c1-3-5(2)4-6/h4-5H,1,3H2,2H3. The third kappa shape index (κ3) is 2.18. The third-order valence-electron chi connectivity index (χ3n) is 0.670. The summed E-state index contributed by atoms with van der Waals surface area (Å²) in [5, 5.41) is 0. The van der Waals surface area contributed by atoms with Crippen LogP contribution in [0, 0.1) is 19.5 Å². The lowest BCUT2D eigenvalue weighted by atomic mass is 10.1. The second-order valence-electron chi connectivity index (χ2n) is 1.39. The van der Waals surface area contributed by atoms with Gasteiger partial charge in [0.05, 0.1) is 0 Å². The highest BCUT2D eigenvalue weighted by Crippen LogP contribution is 2.03. The summed E-state index contributed by atoms with van der Waals surface area (Å²) < 4.78 is 11.2. The van der Waals surface area contributed by atoms with Crippen LogP contribution < -0.4 is 0 Å². The molecule has 0 fully saturated rings. The maximum absolute atomic E-state index is 11.2. The Balaban J connectivity index is 2.75. The SMILES string of the molecule is [CH2]CC(C)[CH]F. The van der Waals surface area contributed by atoms with E-state index >= 15 is 0 Å². The average molecular weight is 88.1 g/mol. The van der Waals surface area contributed by atoms with Crippen molar-refractivity contribution in [2.45, 2.75) is 13.3 Å². The lowest BCUT2D eigenvalue weighted by molar-refractivity contribution is 0.481. The Hall–Kier alpha value is -0.0700. The molecule has 0 bridgehead atoms. The van der Waals surface area contributed by atoms with Gasteiger partial charge in [-0.15, -0.1) is 0 Å². The zero-order valence-electron chi connectivity index (χ0n) is 3.95. The summed E-state index contributed by atoms with van der Waals surface area (Å²) in [6.07, 6.45) is 0.649. The number of rotatable bonds is 2. The maximum Gasteiger partial charge on any atom is 0.134 e. The van der Waals surface area contributed by atoms with Gasteiger partial charge in [0.15, 0.2) is 0 Å². The molecular weight excluding hydrogens is 79.1 g/mol. The summed E-state index contributed by atoms with van der Waals surface area (Å²) in [6.45, 7) is 5.93. The highest BCUT2D eigenvalue weighted by molar-refractivity contribution is 4.60. The van der Waals surface area contributed by atoms with Crippen LogP contribution in [0.3, 0.4) is 0 Å². The molecule has 0 spiro atoms. The number of hydrogen-bond acceptors (Lipinski definition) is 0. The van der Waals surface area contributed by atoms with Gasteiger partial charge in [-0.3, -0.25) is 0 Å². The van der Waals surface area contributed by atoms with E-state index < -0.39 is 0 Å². The summed E-state index contributed by atoms with van der Waals surface area (Å²) in [4.78, 5) is 0. The van der Waals surface area contributed by atoms with E-state index in [1.54, 1.807) is 6.92 Å². The quantitative estimate of drug-likeness (QED) is 0.484. The monoisotopic (exact) mass is 88.1 g/mol. The van der Waals surface area contributed by atoms with Crippen LogP contribution in [0.2, 0.25) is 0 Å². The van der Waals surface area contributed by atoms with E-state index in [9.17, 15) is 4.39 Å². The molecule has 0 saturated carbocycles. The van der Waals surface area contributed by atoms with Crippen LogP contribution in [0.25, 0.3) is 0 Å². The van der Waals surface area contributed by atoms with E-state index in [1.807, 2.05) is 0 Å². The largest absolute Gasteiger partial charge is 0.244 e. The van der Waals surface area contributed by atoms with Crippen LogP contribution in [-0.4, -0.2) is 0 Å². The fourth-order valence-electron chi connectivity index (χ4n) is 0.0630. The lowest BCUT2D eigenvalue weighted by Gasteiger charge is -1.94. The summed E-state index contributed by atoms with van der Waals surface area (Å²) in [5.41, 5.74) is 0. The van der Waals surface area contributed by atoms with Crippen molar-refractivity contribution in [3.63, 3.8) is 0 Å². The van der Waals surface area contributed by atoms with Crippen LogP contribution in [0.5, 0.6) is 0 Å². The summed E-state index contributed by atoms with van der Waals surface area (Å²) in [7, 11) is 0. The van der Waals surface area contributed by atoms with E-state index in [-0.39, 0.29) is 5.92 Å². The van der Waals surface area contributed by atoms with Gasteiger partial charge in [-0.2, -0.15) is 0 Å². The molecule has 0 aromatic heterocycles. The molecule has 0 amide bonds. The summed E-state index contributed by atoms with van der Waals surface area (Å²) in [5.74, 6) is 0.0324. The molecule has 0 aromatic rings. The number of halogens is 1. The molecule has 1 unspecified atom stereocenters. The lowest BCUT2D eigenvalue weighted by Crippen LogP contribution is -1.85. The Kier molecular flexibility index (Phi) is 3.10. The Labute approximate surface area is 38.4 Å². The molecule has 0 rings (SSSR count). The minimum atomic E-state index is 0.0324. The van der Waals surface area contributed by atoms with Gasteiger partial charge in [0.25, 0.3) is 0 Å². The molecule has 36 valence electrons. The Bertz CT molecular complexity index is 23.1. The molecule has 0 N–H and O–H groups in total. The first-order valence-corrected chi connectivity index (χ1v) is 2.04. The summed E-state index contributed by atoms with van der Waals surface area (Å²) in [6, 6.07) is 0. The fraction of sp³-hybridized carbons (Fsp3) is 0.600. The molecule has 2 radical (unpaired) electrons. The summed E-state index contributed by atoms with van der Waals surface area (Å²) >= 11 is 0. The molecule has 6 heavy (non-hydrogen) atoms. The van der Waals surface area contributed by atoms with Crippen LogP contribution >= 0.6 is 0 Å². The first-order valence-electron chi connectivity index (χ1n) is 2.04. The molecule has 1 heteroatoms. The van der Waals surface area contributed by atoms with Crippen molar-refractivity contribution in [2.24, 2.45) is 5.92 Å². The van der Waals surface area contributed by atoms with Gasteiger partial charge in [-0.1, -0.05) is 13.8 Å². The second-order valence-corrected chi connectivity index (χ2v) is 1.39. The molecule has 0 nitrogen and oxygen atoms in total. The maximum atomic E-state index is 11.2. The average Bonchev–Trinajstić information content (AvgIpc) is 1.65. The van der Waals surface area contributed by atoms with Gasteiger partial charge in [0, 0.05) is 0 Å². The predicted molar refractivity (Wildman–Crippen MR) is 24.5 cm³/mol. The molecule has 0 aliphatic rings. The predicted octanol–water partition coefficient (Wildman–Crippen LogP) is 1.98. The third-order valence-corrected chi connectivity index (χ3v) is 0.670. The Morgan fingerprint density at radius 3 is 2.50 bits per heavy atom. The Morgan fingerprint density at radius 2 is 2.50 bits per heavy atom. The van der Waals surface area contributed by atoms with Crippen LogP contribution in [0.1, 0.15) is 13.3 Å². The van der Waals surface area contributed by atoms with Gasteiger partial charge >= 0.3 is 0 Å². The first kappa shape index (κ1) is 5.93. The van der Waals surface area contributed by atoms with E-state index in [2.05, 4.69) is 6.92 Å². The van der Waals surface area contributed by atoms with Crippen molar-refractivity contribution < 1.29 is 4.39 Å². The number of hydrogen-bond donors (Lipinski definition) is 0. The van der Waals surface area contributed by atoms with Gasteiger partial charge in [0.1, 0.15) is 6.67 Å². The molecule has 0 heterocycles. The van der Waals surface area contributed by atoms with Crippen molar-refractivity contribution in [2.75, 3.05) is 0 Å². The molecule has 0 aromatic carbocycles. The van der Waals surface area contributed by atoms with Crippen molar-refractivity contribution in [3.8, 4) is 0 Å². The minimum Gasteiger partial charge on any atom is -0.244 e. The van der Waals surface area contributed by atoms with Crippen LogP contribution in [0.4, 0.5) is 4.39 Å². The van der Waals surface area contributed by atoms with E-state index in [0.717, 1.165) is 0 Å². The molecule has 1 atom stereocenters.